The quantitative estimate of drug-likeness (QED) is 0.0842. The smallest absolute Gasteiger partial charge is 0.00891 e. The van der Waals surface area contributed by atoms with E-state index < -0.39 is 0 Å². The van der Waals surface area contributed by atoms with E-state index in [0.717, 1.165) is 18.6 Å². The standard InChI is InChI=1S/C32H65N/c1-3-5-7-9-11-13-15-17-19-21-23-25-27-29-31-32(33)30-28-26-24-22-20-18-16-14-12-10-8-6-4-2/h33H,3-31H2,1-2H3. The van der Waals surface area contributed by atoms with Gasteiger partial charge in [0.05, 0.1) is 0 Å². The molecule has 0 radical (unpaired) electrons. The van der Waals surface area contributed by atoms with Crippen LogP contribution in [0, 0.1) is 5.41 Å². The van der Waals surface area contributed by atoms with Crippen LogP contribution in [0.4, 0.5) is 0 Å². The topological polar surface area (TPSA) is 23.9 Å². The first kappa shape index (κ1) is 32.7. The predicted molar refractivity (Wildman–Crippen MR) is 153 cm³/mol. The monoisotopic (exact) mass is 464 g/mol. The van der Waals surface area contributed by atoms with E-state index in [1.54, 1.807) is 0 Å². The van der Waals surface area contributed by atoms with Gasteiger partial charge in [-0.3, -0.25) is 0 Å². The molecule has 0 aromatic rings. The molecule has 0 saturated carbocycles. The average molecular weight is 464 g/mol. The Morgan fingerprint density at radius 2 is 0.485 bits per heavy atom. The van der Waals surface area contributed by atoms with E-state index in [1.165, 1.54) is 173 Å². The maximum absolute atomic E-state index is 8.21. The van der Waals surface area contributed by atoms with Crippen molar-refractivity contribution >= 4 is 5.71 Å². The van der Waals surface area contributed by atoms with Gasteiger partial charge in [0.1, 0.15) is 0 Å². The Morgan fingerprint density at radius 3 is 0.697 bits per heavy atom. The summed E-state index contributed by atoms with van der Waals surface area (Å²) in [5, 5.41) is 8.21. The van der Waals surface area contributed by atoms with Gasteiger partial charge in [-0.2, -0.15) is 0 Å². The Morgan fingerprint density at radius 1 is 0.303 bits per heavy atom. The molecule has 0 fully saturated rings. The van der Waals surface area contributed by atoms with Crippen molar-refractivity contribution in [3.63, 3.8) is 0 Å². The second kappa shape index (κ2) is 29.7. The lowest BCUT2D eigenvalue weighted by atomic mass is 10.0. The highest BCUT2D eigenvalue weighted by molar-refractivity contribution is 5.81. The highest BCUT2D eigenvalue weighted by atomic mass is 14.4. The molecule has 0 aliphatic rings. The normalized spacial score (nSPS) is 11.3. The molecule has 0 aliphatic carbocycles. The zero-order chi connectivity index (χ0) is 24.1. The summed E-state index contributed by atoms with van der Waals surface area (Å²) in [6.07, 6.45) is 40.3. The second-order valence-corrected chi connectivity index (χ2v) is 10.9. The molecule has 1 heteroatoms. The Balaban J connectivity index is 3.14. The van der Waals surface area contributed by atoms with Crippen LogP contribution in [0.1, 0.15) is 200 Å². The molecule has 0 unspecified atom stereocenters. The van der Waals surface area contributed by atoms with Gasteiger partial charge < -0.3 is 5.41 Å². The fraction of sp³-hybridized carbons (Fsp3) is 0.969. The van der Waals surface area contributed by atoms with Crippen LogP contribution in [0.25, 0.3) is 0 Å². The van der Waals surface area contributed by atoms with Crippen LogP contribution in [0.3, 0.4) is 0 Å². The third-order valence-corrected chi connectivity index (χ3v) is 7.41. The molecular weight excluding hydrogens is 398 g/mol. The lowest BCUT2D eigenvalue weighted by Gasteiger charge is -2.06. The SMILES string of the molecule is CCCCCCCCCCCCCCCCC(=N)CCCCCCCCCCCCCCC. The summed E-state index contributed by atoms with van der Waals surface area (Å²) in [6, 6.07) is 0. The third-order valence-electron chi connectivity index (χ3n) is 7.41. The summed E-state index contributed by atoms with van der Waals surface area (Å²) in [5.41, 5.74) is 1.03. The molecule has 0 aromatic heterocycles. The van der Waals surface area contributed by atoms with Crippen molar-refractivity contribution in [3.05, 3.63) is 0 Å². The zero-order valence-electron chi connectivity index (χ0n) is 23.5. The number of unbranched alkanes of at least 4 members (excludes halogenated alkanes) is 25. The minimum absolute atomic E-state index is 1.03. The Labute approximate surface area is 211 Å². The van der Waals surface area contributed by atoms with E-state index in [2.05, 4.69) is 13.8 Å². The fourth-order valence-corrected chi connectivity index (χ4v) is 5.01. The first-order valence-electron chi connectivity index (χ1n) is 15.9. The summed E-state index contributed by atoms with van der Waals surface area (Å²) in [7, 11) is 0. The van der Waals surface area contributed by atoms with Crippen molar-refractivity contribution in [2.45, 2.75) is 200 Å². The minimum Gasteiger partial charge on any atom is -0.310 e. The molecule has 0 spiro atoms. The van der Waals surface area contributed by atoms with Crippen LogP contribution in [0.15, 0.2) is 0 Å². The molecule has 0 amide bonds. The van der Waals surface area contributed by atoms with Crippen LogP contribution in [0.2, 0.25) is 0 Å². The van der Waals surface area contributed by atoms with Gasteiger partial charge in [-0.15, -0.1) is 0 Å². The van der Waals surface area contributed by atoms with Crippen LogP contribution < -0.4 is 0 Å². The molecule has 1 N–H and O–H groups in total. The number of rotatable bonds is 29. The summed E-state index contributed by atoms with van der Waals surface area (Å²) < 4.78 is 0. The first-order valence-corrected chi connectivity index (χ1v) is 15.9. The van der Waals surface area contributed by atoms with Crippen LogP contribution in [-0.2, 0) is 0 Å². The van der Waals surface area contributed by atoms with Crippen LogP contribution in [0.5, 0.6) is 0 Å². The number of nitrogens with one attached hydrogen (secondary N) is 1. The van der Waals surface area contributed by atoms with Crippen molar-refractivity contribution in [1.82, 2.24) is 0 Å². The van der Waals surface area contributed by atoms with E-state index in [-0.39, 0.29) is 0 Å². The van der Waals surface area contributed by atoms with Crippen molar-refractivity contribution < 1.29 is 0 Å². The molecular formula is C32H65N. The lowest BCUT2D eigenvalue weighted by molar-refractivity contribution is 0.536. The lowest BCUT2D eigenvalue weighted by Crippen LogP contribution is -1.96. The highest BCUT2D eigenvalue weighted by Crippen LogP contribution is 2.15. The molecule has 0 rings (SSSR count). The van der Waals surface area contributed by atoms with Gasteiger partial charge in [0.25, 0.3) is 0 Å². The van der Waals surface area contributed by atoms with E-state index in [4.69, 9.17) is 5.41 Å². The van der Waals surface area contributed by atoms with Gasteiger partial charge in [-0.05, 0) is 25.7 Å². The van der Waals surface area contributed by atoms with E-state index in [1.807, 2.05) is 0 Å². The average Bonchev–Trinajstić information content (AvgIpc) is 2.82. The van der Waals surface area contributed by atoms with Crippen molar-refractivity contribution in [1.29, 1.82) is 5.41 Å². The third kappa shape index (κ3) is 29.6. The molecule has 0 aromatic carbocycles. The van der Waals surface area contributed by atoms with Crippen molar-refractivity contribution in [3.8, 4) is 0 Å². The van der Waals surface area contributed by atoms with Gasteiger partial charge >= 0.3 is 0 Å². The molecule has 0 atom stereocenters. The Bertz CT molecular complexity index is 362. The van der Waals surface area contributed by atoms with E-state index in [0.29, 0.717) is 0 Å². The largest absolute Gasteiger partial charge is 0.310 e. The molecule has 0 saturated heterocycles. The molecule has 198 valence electrons. The van der Waals surface area contributed by atoms with Crippen LogP contribution in [-0.4, -0.2) is 5.71 Å². The molecule has 0 heterocycles. The van der Waals surface area contributed by atoms with Gasteiger partial charge in [-0.1, -0.05) is 174 Å². The molecule has 1 nitrogen and oxygen atoms in total. The zero-order valence-corrected chi connectivity index (χ0v) is 23.5. The number of hydrogen-bond donors (Lipinski definition) is 1. The van der Waals surface area contributed by atoms with Crippen molar-refractivity contribution in [2.24, 2.45) is 0 Å². The molecule has 0 bridgehead atoms. The molecule has 0 aliphatic heterocycles. The highest BCUT2D eigenvalue weighted by Gasteiger charge is 1.99. The second-order valence-electron chi connectivity index (χ2n) is 10.9. The van der Waals surface area contributed by atoms with E-state index >= 15 is 0 Å². The van der Waals surface area contributed by atoms with E-state index in [9.17, 15) is 0 Å². The maximum Gasteiger partial charge on any atom is 0.00891 e. The molecule has 33 heavy (non-hydrogen) atoms. The summed E-state index contributed by atoms with van der Waals surface area (Å²) in [4.78, 5) is 0. The number of hydrogen-bond acceptors (Lipinski definition) is 1. The maximum atomic E-state index is 8.21. The fourth-order valence-electron chi connectivity index (χ4n) is 5.01. The van der Waals surface area contributed by atoms with Gasteiger partial charge in [-0.25, -0.2) is 0 Å². The first-order chi connectivity index (χ1) is 16.3. The predicted octanol–water partition coefficient (Wildman–Crippen LogP) is 12.4. The van der Waals surface area contributed by atoms with Gasteiger partial charge in [0.15, 0.2) is 0 Å². The Kier molecular flexibility index (Phi) is 29.4. The summed E-state index contributed by atoms with van der Waals surface area (Å²) >= 11 is 0. The van der Waals surface area contributed by atoms with Crippen LogP contribution >= 0.6 is 0 Å². The minimum atomic E-state index is 1.03. The Hall–Kier alpha value is -0.330. The van der Waals surface area contributed by atoms with Gasteiger partial charge in [0.2, 0.25) is 0 Å². The van der Waals surface area contributed by atoms with Gasteiger partial charge in [0, 0.05) is 5.71 Å². The summed E-state index contributed by atoms with van der Waals surface area (Å²) in [6.45, 7) is 4.59. The summed E-state index contributed by atoms with van der Waals surface area (Å²) in [5.74, 6) is 0. The van der Waals surface area contributed by atoms with Crippen molar-refractivity contribution in [2.75, 3.05) is 0 Å².